The summed E-state index contributed by atoms with van der Waals surface area (Å²) in [7, 11) is 0. The van der Waals surface area contributed by atoms with Crippen molar-refractivity contribution in [3.05, 3.63) is 29.8 Å². The quantitative estimate of drug-likeness (QED) is 0.899. The van der Waals surface area contributed by atoms with Crippen LogP contribution in [0.4, 0.5) is 4.39 Å². The molecule has 1 aromatic carbocycles. The van der Waals surface area contributed by atoms with Crippen LogP contribution in [-0.4, -0.2) is 16.1 Å². The van der Waals surface area contributed by atoms with Crippen LogP contribution >= 0.6 is 0 Å². The van der Waals surface area contributed by atoms with E-state index in [-0.39, 0.29) is 11.9 Å². The number of nitrogens with one attached hydrogen (secondary N) is 1. The minimum absolute atomic E-state index is 0.160. The van der Waals surface area contributed by atoms with Gasteiger partial charge in [-0.05, 0) is 39.4 Å². The van der Waals surface area contributed by atoms with Crippen LogP contribution in [0.15, 0.2) is 18.2 Å². The Kier molecular flexibility index (Phi) is 3.66. The molecular formula is C14H20FN3. The lowest BCUT2D eigenvalue weighted by molar-refractivity contribution is 0.502. The third-order valence-corrected chi connectivity index (χ3v) is 3.09. The first-order valence-corrected chi connectivity index (χ1v) is 6.45. The average molecular weight is 249 g/mol. The number of aromatic nitrogens is 2. The number of benzene rings is 1. The van der Waals surface area contributed by atoms with Gasteiger partial charge in [-0.1, -0.05) is 6.92 Å². The van der Waals surface area contributed by atoms with Crippen molar-refractivity contribution < 1.29 is 4.39 Å². The lowest BCUT2D eigenvalue weighted by Gasteiger charge is -2.18. The molecule has 1 heterocycles. The van der Waals surface area contributed by atoms with Crippen LogP contribution in [0.5, 0.6) is 0 Å². The van der Waals surface area contributed by atoms with E-state index in [0.717, 1.165) is 23.4 Å². The summed E-state index contributed by atoms with van der Waals surface area (Å²) in [4.78, 5) is 4.57. The van der Waals surface area contributed by atoms with Crippen molar-refractivity contribution in [2.45, 2.75) is 39.8 Å². The summed E-state index contributed by atoms with van der Waals surface area (Å²) in [5.41, 5.74) is 1.72. The number of imidazole rings is 1. The van der Waals surface area contributed by atoms with E-state index in [9.17, 15) is 4.39 Å². The molecule has 0 aliphatic rings. The van der Waals surface area contributed by atoms with Crippen molar-refractivity contribution in [2.75, 3.05) is 6.54 Å². The summed E-state index contributed by atoms with van der Waals surface area (Å²) in [6, 6.07) is 5.25. The fourth-order valence-corrected chi connectivity index (χ4v) is 2.34. The second-order valence-corrected chi connectivity index (χ2v) is 4.85. The van der Waals surface area contributed by atoms with E-state index < -0.39 is 0 Å². The van der Waals surface area contributed by atoms with Gasteiger partial charge in [-0.15, -0.1) is 0 Å². The second kappa shape index (κ2) is 5.06. The smallest absolute Gasteiger partial charge is 0.127 e. The van der Waals surface area contributed by atoms with Crippen molar-refractivity contribution in [1.29, 1.82) is 0 Å². The topological polar surface area (TPSA) is 29.9 Å². The third-order valence-electron chi connectivity index (χ3n) is 3.09. The summed E-state index contributed by atoms with van der Waals surface area (Å²) < 4.78 is 15.4. The Morgan fingerprint density at radius 2 is 2.06 bits per heavy atom. The van der Waals surface area contributed by atoms with Crippen molar-refractivity contribution in [1.82, 2.24) is 14.9 Å². The first kappa shape index (κ1) is 13.0. The SMILES string of the molecule is CCNC(C)c1nc2cc(F)ccc2n1C(C)C. The van der Waals surface area contributed by atoms with E-state index in [0.29, 0.717) is 6.04 Å². The zero-order chi connectivity index (χ0) is 13.3. The molecule has 0 amide bonds. The zero-order valence-electron chi connectivity index (χ0n) is 11.4. The Balaban J connectivity index is 2.60. The van der Waals surface area contributed by atoms with Crippen LogP contribution in [0, 0.1) is 5.82 Å². The number of fused-ring (bicyclic) bond motifs is 1. The highest BCUT2D eigenvalue weighted by Gasteiger charge is 2.17. The molecular weight excluding hydrogens is 229 g/mol. The number of rotatable bonds is 4. The molecule has 0 radical (unpaired) electrons. The highest BCUT2D eigenvalue weighted by atomic mass is 19.1. The van der Waals surface area contributed by atoms with Crippen molar-refractivity contribution in [3.8, 4) is 0 Å². The molecule has 1 aromatic heterocycles. The van der Waals surface area contributed by atoms with E-state index in [4.69, 9.17) is 0 Å². The Labute approximate surface area is 107 Å². The maximum atomic E-state index is 13.3. The minimum atomic E-state index is -0.237. The first-order valence-electron chi connectivity index (χ1n) is 6.45. The van der Waals surface area contributed by atoms with E-state index in [1.807, 2.05) is 0 Å². The predicted octanol–water partition coefficient (Wildman–Crippen LogP) is 3.43. The minimum Gasteiger partial charge on any atom is -0.324 e. The van der Waals surface area contributed by atoms with Crippen LogP contribution in [0.2, 0.25) is 0 Å². The van der Waals surface area contributed by atoms with Crippen molar-refractivity contribution in [2.24, 2.45) is 0 Å². The molecule has 1 unspecified atom stereocenters. The monoisotopic (exact) mass is 249 g/mol. The molecule has 3 nitrogen and oxygen atoms in total. The molecule has 1 atom stereocenters. The van der Waals surface area contributed by atoms with Crippen LogP contribution in [0.3, 0.4) is 0 Å². The molecule has 0 saturated heterocycles. The van der Waals surface area contributed by atoms with Gasteiger partial charge in [-0.3, -0.25) is 0 Å². The van der Waals surface area contributed by atoms with Crippen molar-refractivity contribution in [3.63, 3.8) is 0 Å². The molecule has 2 aromatic rings. The molecule has 0 spiro atoms. The van der Waals surface area contributed by atoms with Gasteiger partial charge < -0.3 is 9.88 Å². The van der Waals surface area contributed by atoms with Gasteiger partial charge in [0, 0.05) is 12.1 Å². The first-order chi connectivity index (χ1) is 8.54. The Bertz CT molecular complexity index is 545. The normalized spacial score (nSPS) is 13.4. The van der Waals surface area contributed by atoms with E-state index in [2.05, 4.69) is 42.6 Å². The van der Waals surface area contributed by atoms with Gasteiger partial charge in [0.15, 0.2) is 0 Å². The molecule has 0 saturated carbocycles. The van der Waals surface area contributed by atoms with Crippen LogP contribution < -0.4 is 5.32 Å². The highest BCUT2D eigenvalue weighted by Crippen LogP contribution is 2.25. The molecule has 4 heteroatoms. The van der Waals surface area contributed by atoms with E-state index in [1.54, 1.807) is 6.07 Å². The molecule has 0 bridgehead atoms. The summed E-state index contributed by atoms with van der Waals surface area (Å²) >= 11 is 0. The Hall–Kier alpha value is -1.42. The molecule has 0 aliphatic heterocycles. The zero-order valence-corrected chi connectivity index (χ0v) is 11.4. The molecule has 98 valence electrons. The summed E-state index contributed by atoms with van der Waals surface area (Å²) in [5.74, 6) is 0.728. The largest absolute Gasteiger partial charge is 0.324 e. The maximum absolute atomic E-state index is 13.3. The van der Waals surface area contributed by atoms with Crippen LogP contribution in [0.25, 0.3) is 11.0 Å². The van der Waals surface area contributed by atoms with Gasteiger partial charge in [-0.2, -0.15) is 0 Å². The van der Waals surface area contributed by atoms with Crippen LogP contribution in [-0.2, 0) is 0 Å². The lowest BCUT2D eigenvalue weighted by atomic mass is 10.2. The molecule has 2 rings (SSSR count). The molecule has 18 heavy (non-hydrogen) atoms. The number of halogens is 1. The lowest BCUT2D eigenvalue weighted by Crippen LogP contribution is -2.22. The fourth-order valence-electron chi connectivity index (χ4n) is 2.34. The molecule has 1 N–H and O–H groups in total. The fraction of sp³-hybridized carbons (Fsp3) is 0.500. The predicted molar refractivity (Wildman–Crippen MR) is 72.2 cm³/mol. The number of hydrogen-bond acceptors (Lipinski definition) is 2. The van der Waals surface area contributed by atoms with Gasteiger partial charge in [0.2, 0.25) is 0 Å². The van der Waals surface area contributed by atoms with Gasteiger partial charge in [-0.25, -0.2) is 9.37 Å². The van der Waals surface area contributed by atoms with Crippen molar-refractivity contribution >= 4 is 11.0 Å². The van der Waals surface area contributed by atoms with Crippen LogP contribution in [0.1, 0.15) is 45.6 Å². The number of nitrogens with zero attached hydrogens (tertiary/aromatic N) is 2. The van der Waals surface area contributed by atoms with E-state index in [1.165, 1.54) is 12.1 Å². The average Bonchev–Trinajstić information content (AvgIpc) is 2.67. The summed E-state index contributed by atoms with van der Waals surface area (Å²) in [5, 5.41) is 3.36. The summed E-state index contributed by atoms with van der Waals surface area (Å²) in [6.07, 6.45) is 0. The maximum Gasteiger partial charge on any atom is 0.127 e. The summed E-state index contributed by atoms with van der Waals surface area (Å²) in [6.45, 7) is 9.27. The van der Waals surface area contributed by atoms with Gasteiger partial charge in [0.05, 0.1) is 17.1 Å². The number of hydrogen-bond donors (Lipinski definition) is 1. The van der Waals surface area contributed by atoms with Gasteiger partial charge in [0.25, 0.3) is 0 Å². The molecule has 0 aliphatic carbocycles. The highest BCUT2D eigenvalue weighted by molar-refractivity contribution is 5.76. The van der Waals surface area contributed by atoms with Gasteiger partial charge >= 0.3 is 0 Å². The van der Waals surface area contributed by atoms with E-state index >= 15 is 0 Å². The third kappa shape index (κ3) is 2.25. The Morgan fingerprint density at radius 3 is 2.67 bits per heavy atom. The van der Waals surface area contributed by atoms with Gasteiger partial charge in [0.1, 0.15) is 11.6 Å². The Morgan fingerprint density at radius 1 is 1.33 bits per heavy atom. The standard InChI is InChI=1S/C14H20FN3/c1-5-16-10(4)14-17-12-8-11(15)6-7-13(12)18(14)9(2)3/h6-10,16H,5H2,1-4H3. The second-order valence-electron chi connectivity index (χ2n) is 4.85. The molecule has 0 fully saturated rings.